The molecule has 0 bridgehead atoms. The highest BCUT2D eigenvalue weighted by Crippen LogP contribution is 2.37. The molecule has 2 aromatic carbocycles. The standard InChI is InChI=1S/C24H25F3OS/c1-16-14-19(28-21(15-23(2,3)4)22-6-5-13-29-22)11-12-20(16)17-7-9-18(10-8-17)24(25,26)27/h5-14,21H,15H2,1-4H3. The van der Waals surface area contributed by atoms with Crippen LogP contribution in [0.3, 0.4) is 0 Å². The number of rotatable bonds is 5. The molecule has 0 spiro atoms. The molecule has 0 saturated carbocycles. The lowest BCUT2D eigenvalue weighted by atomic mass is 9.88. The second-order valence-corrected chi connectivity index (χ2v) is 9.42. The van der Waals surface area contributed by atoms with Gasteiger partial charge in [-0.3, -0.25) is 0 Å². The van der Waals surface area contributed by atoms with Gasteiger partial charge in [-0.25, -0.2) is 0 Å². The van der Waals surface area contributed by atoms with Gasteiger partial charge in [0.25, 0.3) is 0 Å². The molecule has 0 aliphatic carbocycles. The largest absolute Gasteiger partial charge is 0.485 e. The number of halogens is 3. The van der Waals surface area contributed by atoms with Crippen LogP contribution in [0.1, 0.15) is 49.3 Å². The van der Waals surface area contributed by atoms with Crippen LogP contribution in [0.4, 0.5) is 13.2 Å². The Labute approximate surface area is 174 Å². The summed E-state index contributed by atoms with van der Waals surface area (Å²) in [7, 11) is 0. The van der Waals surface area contributed by atoms with Crippen LogP contribution < -0.4 is 4.74 Å². The molecule has 0 radical (unpaired) electrons. The monoisotopic (exact) mass is 418 g/mol. The van der Waals surface area contributed by atoms with Crippen molar-refractivity contribution in [2.45, 2.75) is 46.4 Å². The SMILES string of the molecule is Cc1cc(OC(CC(C)(C)C)c2cccs2)ccc1-c1ccc(C(F)(F)F)cc1. The zero-order chi connectivity index (χ0) is 21.2. The third-order valence-corrected chi connectivity index (χ3v) is 5.62. The van der Waals surface area contributed by atoms with Crippen LogP contribution in [0, 0.1) is 12.3 Å². The van der Waals surface area contributed by atoms with Crippen molar-refractivity contribution in [1.82, 2.24) is 0 Å². The van der Waals surface area contributed by atoms with Gasteiger partial charge in [0.15, 0.2) is 0 Å². The number of hydrogen-bond acceptors (Lipinski definition) is 2. The van der Waals surface area contributed by atoms with E-state index in [1.807, 2.05) is 36.6 Å². The number of thiophene rings is 1. The van der Waals surface area contributed by atoms with E-state index in [1.165, 1.54) is 17.0 Å². The second kappa shape index (κ2) is 8.23. The van der Waals surface area contributed by atoms with Gasteiger partial charge in [0.2, 0.25) is 0 Å². The number of ether oxygens (including phenoxy) is 1. The smallest absolute Gasteiger partial charge is 0.416 e. The van der Waals surface area contributed by atoms with Gasteiger partial charge >= 0.3 is 6.18 Å². The predicted octanol–water partition coefficient (Wildman–Crippen LogP) is 8.30. The summed E-state index contributed by atoms with van der Waals surface area (Å²) in [6, 6.07) is 15.1. The third kappa shape index (κ3) is 5.63. The average Bonchev–Trinajstić information content (AvgIpc) is 3.14. The average molecular weight is 419 g/mol. The molecule has 3 rings (SSSR count). The molecule has 154 valence electrons. The molecule has 3 aromatic rings. The Bertz CT molecular complexity index is 936. The van der Waals surface area contributed by atoms with Crippen molar-refractivity contribution in [2.75, 3.05) is 0 Å². The van der Waals surface area contributed by atoms with Crippen molar-refractivity contribution >= 4 is 11.3 Å². The van der Waals surface area contributed by atoms with Crippen LogP contribution in [-0.4, -0.2) is 0 Å². The summed E-state index contributed by atoms with van der Waals surface area (Å²) in [5.41, 5.74) is 2.09. The molecular formula is C24H25F3OS. The summed E-state index contributed by atoms with van der Waals surface area (Å²) in [6.07, 6.45) is -3.48. The van der Waals surface area contributed by atoms with Gasteiger partial charge in [-0.05, 0) is 71.2 Å². The van der Waals surface area contributed by atoms with Gasteiger partial charge in [-0.1, -0.05) is 45.0 Å². The zero-order valence-electron chi connectivity index (χ0n) is 17.0. The molecule has 1 aromatic heterocycles. The number of hydrogen-bond donors (Lipinski definition) is 0. The minimum absolute atomic E-state index is 0.0358. The molecule has 0 aliphatic rings. The fourth-order valence-corrected chi connectivity index (χ4v) is 4.02. The summed E-state index contributed by atoms with van der Waals surface area (Å²) < 4.78 is 44.7. The lowest BCUT2D eigenvalue weighted by Crippen LogP contribution is -2.16. The van der Waals surface area contributed by atoms with E-state index in [9.17, 15) is 13.2 Å². The fourth-order valence-electron chi connectivity index (χ4n) is 3.27. The Morgan fingerprint density at radius 1 is 0.966 bits per heavy atom. The summed E-state index contributed by atoms with van der Waals surface area (Å²) in [5, 5.41) is 2.05. The summed E-state index contributed by atoms with van der Waals surface area (Å²) in [6.45, 7) is 8.52. The minimum Gasteiger partial charge on any atom is -0.485 e. The molecule has 1 heterocycles. The minimum atomic E-state index is -4.32. The van der Waals surface area contributed by atoms with Crippen molar-refractivity contribution in [3.05, 3.63) is 76.0 Å². The first-order valence-corrected chi connectivity index (χ1v) is 10.4. The Balaban J connectivity index is 1.83. The first-order valence-electron chi connectivity index (χ1n) is 9.51. The molecule has 1 nitrogen and oxygen atoms in total. The lowest BCUT2D eigenvalue weighted by Gasteiger charge is -2.26. The van der Waals surface area contributed by atoms with Crippen LogP contribution in [-0.2, 0) is 6.18 Å². The van der Waals surface area contributed by atoms with E-state index in [0.29, 0.717) is 0 Å². The Hall–Kier alpha value is -2.27. The number of aryl methyl sites for hydroxylation is 1. The molecule has 0 aliphatic heterocycles. The predicted molar refractivity (Wildman–Crippen MR) is 113 cm³/mol. The van der Waals surface area contributed by atoms with Crippen molar-refractivity contribution in [3.8, 4) is 16.9 Å². The van der Waals surface area contributed by atoms with E-state index in [-0.39, 0.29) is 11.5 Å². The molecule has 1 atom stereocenters. The Morgan fingerprint density at radius 2 is 1.66 bits per heavy atom. The first kappa shape index (κ1) is 21.4. The molecular weight excluding hydrogens is 393 g/mol. The summed E-state index contributed by atoms with van der Waals surface area (Å²) >= 11 is 1.68. The van der Waals surface area contributed by atoms with Gasteiger partial charge in [0, 0.05) is 4.88 Å². The highest BCUT2D eigenvalue weighted by atomic mass is 32.1. The highest BCUT2D eigenvalue weighted by Gasteiger charge is 2.30. The molecule has 5 heteroatoms. The molecule has 0 amide bonds. The molecule has 0 fully saturated rings. The van der Waals surface area contributed by atoms with E-state index in [4.69, 9.17) is 4.74 Å². The lowest BCUT2D eigenvalue weighted by molar-refractivity contribution is -0.137. The van der Waals surface area contributed by atoms with Gasteiger partial charge in [-0.15, -0.1) is 11.3 Å². The topological polar surface area (TPSA) is 9.23 Å². The van der Waals surface area contributed by atoms with Crippen LogP contribution in [0.2, 0.25) is 0 Å². The second-order valence-electron chi connectivity index (χ2n) is 8.44. The van der Waals surface area contributed by atoms with Crippen LogP contribution in [0.15, 0.2) is 60.0 Å². The van der Waals surface area contributed by atoms with Gasteiger partial charge < -0.3 is 4.74 Å². The van der Waals surface area contributed by atoms with Gasteiger partial charge in [0.1, 0.15) is 11.9 Å². The number of benzene rings is 2. The normalized spacial score (nSPS) is 13.3. The number of alkyl halides is 3. The van der Waals surface area contributed by atoms with Gasteiger partial charge in [-0.2, -0.15) is 13.2 Å². The maximum atomic E-state index is 12.8. The fraction of sp³-hybridized carbons (Fsp3) is 0.333. The van der Waals surface area contributed by atoms with E-state index < -0.39 is 11.7 Å². The maximum Gasteiger partial charge on any atom is 0.416 e. The Kier molecular flexibility index (Phi) is 6.08. The molecule has 0 N–H and O–H groups in total. The van der Waals surface area contributed by atoms with Crippen molar-refractivity contribution in [3.63, 3.8) is 0 Å². The van der Waals surface area contributed by atoms with Crippen LogP contribution >= 0.6 is 11.3 Å². The third-order valence-electron chi connectivity index (χ3n) is 4.66. The van der Waals surface area contributed by atoms with Crippen LogP contribution in [0.25, 0.3) is 11.1 Å². The Morgan fingerprint density at radius 3 is 2.17 bits per heavy atom. The van der Waals surface area contributed by atoms with E-state index >= 15 is 0 Å². The molecule has 0 saturated heterocycles. The summed E-state index contributed by atoms with van der Waals surface area (Å²) in [4.78, 5) is 1.18. The van der Waals surface area contributed by atoms with E-state index in [1.54, 1.807) is 11.3 Å². The maximum absolute atomic E-state index is 12.8. The van der Waals surface area contributed by atoms with E-state index in [0.717, 1.165) is 41.0 Å². The quantitative estimate of drug-likeness (QED) is 0.405. The van der Waals surface area contributed by atoms with Crippen molar-refractivity contribution < 1.29 is 17.9 Å². The summed E-state index contributed by atoms with van der Waals surface area (Å²) in [5.74, 6) is 0.765. The van der Waals surface area contributed by atoms with Crippen molar-refractivity contribution in [1.29, 1.82) is 0 Å². The first-order chi connectivity index (χ1) is 13.5. The molecule has 29 heavy (non-hydrogen) atoms. The highest BCUT2D eigenvalue weighted by molar-refractivity contribution is 7.10. The zero-order valence-corrected chi connectivity index (χ0v) is 17.8. The van der Waals surface area contributed by atoms with Crippen molar-refractivity contribution in [2.24, 2.45) is 5.41 Å². The van der Waals surface area contributed by atoms with Crippen LogP contribution in [0.5, 0.6) is 5.75 Å². The molecule has 1 unspecified atom stereocenters. The van der Waals surface area contributed by atoms with Gasteiger partial charge in [0.05, 0.1) is 5.56 Å². The van der Waals surface area contributed by atoms with E-state index in [2.05, 4.69) is 26.8 Å².